The summed E-state index contributed by atoms with van der Waals surface area (Å²) in [5.41, 5.74) is 1.71. The largest absolute Gasteiger partial charge is 0.273 e. The van der Waals surface area contributed by atoms with E-state index in [0.29, 0.717) is 11.5 Å². The fraction of sp³-hybridized carbons (Fsp3) is 0.423. The van der Waals surface area contributed by atoms with Crippen LogP contribution in [0.3, 0.4) is 0 Å². The smallest absolute Gasteiger partial charge is 0.268 e. The number of nitrogens with zero attached hydrogens (tertiary/aromatic N) is 3. The number of hydrogen-bond donors (Lipinski definition) is 0. The Labute approximate surface area is 196 Å². The maximum Gasteiger partial charge on any atom is 0.273 e. The highest BCUT2D eigenvalue weighted by molar-refractivity contribution is 7.94. The van der Waals surface area contributed by atoms with Gasteiger partial charge in [0.25, 0.3) is 5.91 Å². The van der Waals surface area contributed by atoms with Gasteiger partial charge in [0.15, 0.2) is 0 Å². The van der Waals surface area contributed by atoms with Gasteiger partial charge in [-0.25, -0.2) is 12.7 Å². The van der Waals surface area contributed by atoms with Gasteiger partial charge in [-0.05, 0) is 56.4 Å². The number of benzene rings is 1. The molecule has 1 heterocycles. The van der Waals surface area contributed by atoms with Gasteiger partial charge in [-0.2, -0.15) is 5.26 Å². The number of hydrogen-bond acceptors (Lipinski definition) is 5. The van der Waals surface area contributed by atoms with Crippen LogP contribution in [0.1, 0.15) is 73.9 Å². The van der Waals surface area contributed by atoms with Crippen LogP contribution < -0.4 is 4.31 Å². The molecule has 3 rings (SSSR count). The number of carbonyl (C=O) groups excluding carboxylic acids is 1. The van der Waals surface area contributed by atoms with E-state index in [4.69, 9.17) is 5.26 Å². The van der Waals surface area contributed by atoms with Crippen LogP contribution in [-0.4, -0.2) is 24.6 Å². The molecule has 7 heteroatoms. The highest BCUT2D eigenvalue weighted by atomic mass is 32.2. The zero-order chi connectivity index (χ0) is 23.8. The molecule has 1 fully saturated rings. The maximum absolute atomic E-state index is 13.4. The van der Waals surface area contributed by atoms with Crippen LogP contribution in [0.5, 0.6) is 0 Å². The number of pyridine rings is 1. The number of carbonyl (C=O) groups is 1. The van der Waals surface area contributed by atoms with Crippen molar-refractivity contribution in [3.63, 3.8) is 0 Å². The van der Waals surface area contributed by atoms with E-state index in [-0.39, 0.29) is 17.7 Å². The van der Waals surface area contributed by atoms with Gasteiger partial charge in [0.05, 0.1) is 29.0 Å². The molecule has 1 saturated carbocycles. The Bertz CT molecular complexity index is 1180. The molecule has 0 bridgehead atoms. The molecule has 0 radical (unpaired) electrons. The molecule has 0 saturated heterocycles. The molecule has 1 amide bonds. The first-order chi connectivity index (χ1) is 15.8. The molecule has 0 N–H and O–H groups in total. The van der Waals surface area contributed by atoms with Gasteiger partial charge in [0, 0.05) is 24.4 Å². The predicted octanol–water partition coefficient (Wildman–Crippen LogP) is 4.85. The fourth-order valence-electron chi connectivity index (χ4n) is 3.86. The number of nitriles is 1. The van der Waals surface area contributed by atoms with Crippen molar-refractivity contribution in [1.29, 1.82) is 5.26 Å². The van der Waals surface area contributed by atoms with Gasteiger partial charge in [0.2, 0.25) is 10.0 Å². The average Bonchev–Trinajstić information content (AvgIpc) is 2.81. The summed E-state index contributed by atoms with van der Waals surface area (Å²) in [5, 5.41) is 8.07. The lowest BCUT2D eigenvalue weighted by molar-refractivity contribution is 0.100. The average molecular weight is 464 g/mol. The topological polar surface area (TPSA) is 91.1 Å². The van der Waals surface area contributed by atoms with Crippen molar-refractivity contribution >= 4 is 21.6 Å². The van der Waals surface area contributed by atoms with E-state index >= 15 is 0 Å². The minimum absolute atomic E-state index is 0.157. The van der Waals surface area contributed by atoms with Crippen LogP contribution in [0.2, 0.25) is 0 Å². The summed E-state index contributed by atoms with van der Waals surface area (Å²) >= 11 is 0. The number of sulfonamides is 1. The molecular weight excluding hydrogens is 434 g/mol. The Morgan fingerprint density at radius 2 is 1.85 bits per heavy atom. The van der Waals surface area contributed by atoms with Gasteiger partial charge in [-0.3, -0.25) is 9.78 Å². The molecule has 33 heavy (non-hydrogen) atoms. The minimum atomic E-state index is -3.95. The lowest BCUT2D eigenvalue weighted by Gasteiger charge is -2.24. The second-order valence-corrected chi connectivity index (χ2v) is 11.0. The normalized spacial score (nSPS) is 14.2. The van der Waals surface area contributed by atoms with Crippen LogP contribution in [0.4, 0.5) is 5.69 Å². The molecular formula is C26H29N3O3S. The molecule has 1 aromatic carbocycles. The van der Waals surface area contributed by atoms with Gasteiger partial charge in [0.1, 0.15) is 0 Å². The fourth-order valence-corrected chi connectivity index (χ4v) is 5.04. The molecule has 1 aliphatic rings. The van der Waals surface area contributed by atoms with Gasteiger partial charge >= 0.3 is 0 Å². The molecule has 6 nitrogen and oxygen atoms in total. The minimum Gasteiger partial charge on any atom is -0.268 e. The number of amides is 1. The second-order valence-electron chi connectivity index (χ2n) is 8.64. The molecule has 172 valence electrons. The van der Waals surface area contributed by atoms with E-state index in [1.807, 2.05) is 0 Å². The van der Waals surface area contributed by atoms with Crippen LogP contribution >= 0.6 is 0 Å². The Kier molecular flexibility index (Phi) is 8.25. The molecule has 2 aromatic rings. The molecule has 1 aromatic heterocycles. The summed E-state index contributed by atoms with van der Waals surface area (Å²) in [6.45, 7) is 3.07. The summed E-state index contributed by atoms with van der Waals surface area (Å²) < 4.78 is 27.0. The lowest BCUT2D eigenvalue weighted by atomic mass is 9.87. The van der Waals surface area contributed by atoms with Crippen molar-refractivity contribution in [1.82, 2.24) is 4.98 Å². The maximum atomic E-state index is 13.4. The van der Waals surface area contributed by atoms with E-state index in [2.05, 4.69) is 22.9 Å². The van der Waals surface area contributed by atoms with Crippen molar-refractivity contribution in [2.75, 3.05) is 4.31 Å². The molecule has 0 aliphatic heterocycles. The molecule has 0 spiro atoms. The van der Waals surface area contributed by atoms with Crippen molar-refractivity contribution in [2.45, 2.75) is 64.0 Å². The molecule has 0 unspecified atom stereocenters. The van der Waals surface area contributed by atoms with Crippen molar-refractivity contribution in [2.24, 2.45) is 5.92 Å². The van der Waals surface area contributed by atoms with E-state index in [9.17, 15) is 13.2 Å². The first-order valence-corrected chi connectivity index (χ1v) is 12.8. The van der Waals surface area contributed by atoms with E-state index in [1.165, 1.54) is 52.1 Å². The van der Waals surface area contributed by atoms with Gasteiger partial charge in [-0.1, -0.05) is 43.2 Å². The SMILES string of the molecule is CC(C)S(=O)(=O)N(C(=O)c1cncc(C#CCC2CCCCC2)c1)c1ccc(CC#N)cc1. The summed E-state index contributed by atoms with van der Waals surface area (Å²) in [7, 11) is -3.95. The van der Waals surface area contributed by atoms with Crippen LogP contribution in [0, 0.1) is 29.1 Å². The third-order valence-corrected chi connectivity index (χ3v) is 7.90. The predicted molar refractivity (Wildman–Crippen MR) is 129 cm³/mol. The van der Waals surface area contributed by atoms with E-state index < -0.39 is 21.2 Å². The highest BCUT2D eigenvalue weighted by Gasteiger charge is 2.33. The van der Waals surface area contributed by atoms with Crippen molar-refractivity contribution < 1.29 is 13.2 Å². The lowest BCUT2D eigenvalue weighted by Crippen LogP contribution is -2.41. The summed E-state index contributed by atoms with van der Waals surface area (Å²) in [5.74, 6) is 6.24. The monoisotopic (exact) mass is 463 g/mol. The van der Waals surface area contributed by atoms with E-state index in [0.717, 1.165) is 16.3 Å². The number of anilines is 1. The first kappa shape index (κ1) is 24.5. The third-order valence-electron chi connectivity index (χ3n) is 5.82. The zero-order valence-corrected chi connectivity index (χ0v) is 19.9. The third kappa shape index (κ3) is 6.21. The summed E-state index contributed by atoms with van der Waals surface area (Å²) in [6.07, 6.45) is 10.2. The second kappa shape index (κ2) is 11.1. The Balaban J connectivity index is 1.88. The van der Waals surface area contributed by atoms with E-state index in [1.54, 1.807) is 36.5 Å². The van der Waals surface area contributed by atoms with Crippen molar-refractivity contribution in [3.05, 3.63) is 59.4 Å². The Morgan fingerprint density at radius 3 is 2.48 bits per heavy atom. The van der Waals surface area contributed by atoms with Gasteiger partial charge in [-0.15, -0.1) is 0 Å². The summed E-state index contributed by atoms with van der Waals surface area (Å²) in [6, 6.07) is 10.0. The van der Waals surface area contributed by atoms with Crippen LogP contribution in [0.15, 0.2) is 42.7 Å². The van der Waals surface area contributed by atoms with Gasteiger partial charge < -0.3 is 0 Å². The number of rotatable bonds is 6. The standard InChI is InChI=1S/C26H29N3O3S/c1-20(2)33(31,32)29(25-13-11-22(12-14-25)15-16-27)26(30)24-17-23(18-28-19-24)10-6-9-21-7-4-3-5-8-21/h11-14,17-21H,3-5,7-9,15H2,1-2H3. The zero-order valence-electron chi connectivity index (χ0n) is 19.1. The quantitative estimate of drug-likeness (QED) is 0.571. The first-order valence-electron chi connectivity index (χ1n) is 11.3. The highest BCUT2D eigenvalue weighted by Crippen LogP contribution is 2.26. The molecule has 0 atom stereocenters. The summed E-state index contributed by atoms with van der Waals surface area (Å²) in [4.78, 5) is 17.5. The van der Waals surface area contributed by atoms with Crippen LogP contribution in [-0.2, 0) is 16.4 Å². The Morgan fingerprint density at radius 1 is 1.15 bits per heavy atom. The van der Waals surface area contributed by atoms with Crippen molar-refractivity contribution in [3.8, 4) is 17.9 Å². The number of aromatic nitrogens is 1. The molecule has 1 aliphatic carbocycles. The van der Waals surface area contributed by atoms with Crippen LogP contribution in [0.25, 0.3) is 0 Å². The Hall–Kier alpha value is -3.16.